The average molecular weight is 527 g/mol. The smallest absolute Gasteiger partial charge is 0.253 e. The van der Waals surface area contributed by atoms with Gasteiger partial charge in [-0.3, -0.25) is 14.7 Å². The maximum Gasteiger partial charge on any atom is 0.253 e. The van der Waals surface area contributed by atoms with E-state index < -0.39 is 0 Å². The first-order chi connectivity index (χ1) is 14.0. The molecular weight excluding hydrogens is 489 g/mol. The van der Waals surface area contributed by atoms with Crippen molar-refractivity contribution >= 4 is 35.8 Å². The number of hydrogen-bond acceptors (Lipinski definition) is 3. The van der Waals surface area contributed by atoms with E-state index in [-0.39, 0.29) is 29.9 Å². The highest BCUT2D eigenvalue weighted by molar-refractivity contribution is 14.0. The first-order valence-electron chi connectivity index (χ1n) is 11.1. The summed E-state index contributed by atoms with van der Waals surface area (Å²) in [5, 5.41) is 6.99. The number of hydrogen-bond donors (Lipinski definition) is 2. The van der Waals surface area contributed by atoms with Gasteiger partial charge in [-0.25, -0.2) is 0 Å². The summed E-state index contributed by atoms with van der Waals surface area (Å²) in [6.45, 7) is 11.4. The minimum absolute atomic E-state index is 0. The van der Waals surface area contributed by atoms with Crippen molar-refractivity contribution in [2.24, 2.45) is 10.9 Å². The third-order valence-corrected chi connectivity index (χ3v) is 6.22. The van der Waals surface area contributed by atoms with Crippen LogP contribution >= 0.6 is 24.0 Å². The molecule has 6 nitrogen and oxygen atoms in total. The first kappa shape index (κ1) is 24.9. The highest BCUT2D eigenvalue weighted by atomic mass is 127. The number of amides is 1. The van der Waals surface area contributed by atoms with E-state index in [2.05, 4.69) is 41.3 Å². The van der Waals surface area contributed by atoms with Crippen molar-refractivity contribution in [2.45, 2.75) is 58.7 Å². The zero-order chi connectivity index (χ0) is 20.8. The number of guanidine groups is 1. The fourth-order valence-corrected chi connectivity index (χ4v) is 4.21. The van der Waals surface area contributed by atoms with E-state index in [1.54, 1.807) is 0 Å². The van der Waals surface area contributed by atoms with Crippen molar-refractivity contribution < 1.29 is 4.79 Å². The van der Waals surface area contributed by atoms with Gasteiger partial charge in [0.05, 0.1) is 0 Å². The van der Waals surface area contributed by atoms with Crippen molar-refractivity contribution in [1.82, 2.24) is 20.4 Å². The monoisotopic (exact) mass is 527 g/mol. The largest absolute Gasteiger partial charge is 0.352 e. The summed E-state index contributed by atoms with van der Waals surface area (Å²) in [5.74, 6) is 1.59. The predicted molar refractivity (Wildman–Crippen MR) is 135 cm³/mol. The van der Waals surface area contributed by atoms with Crippen LogP contribution in [0.2, 0.25) is 0 Å². The van der Waals surface area contributed by atoms with E-state index in [1.807, 2.05) is 36.2 Å². The molecule has 30 heavy (non-hydrogen) atoms. The molecule has 1 amide bonds. The van der Waals surface area contributed by atoms with E-state index >= 15 is 0 Å². The van der Waals surface area contributed by atoms with Crippen LogP contribution in [0, 0.1) is 5.92 Å². The van der Waals surface area contributed by atoms with Gasteiger partial charge >= 0.3 is 0 Å². The molecular formula is C23H38IN5O. The molecule has 0 aromatic heterocycles. The van der Waals surface area contributed by atoms with Gasteiger partial charge in [0.1, 0.15) is 0 Å². The average Bonchev–Trinajstić information content (AvgIpc) is 3.12. The lowest BCUT2D eigenvalue weighted by atomic mass is 10.1. The summed E-state index contributed by atoms with van der Waals surface area (Å²) in [7, 11) is 1.82. The summed E-state index contributed by atoms with van der Waals surface area (Å²) >= 11 is 0. The third kappa shape index (κ3) is 6.57. The van der Waals surface area contributed by atoms with Crippen molar-refractivity contribution in [3.63, 3.8) is 0 Å². The van der Waals surface area contributed by atoms with Crippen molar-refractivity contribution in [3.8, 4) is 0 Å². The van der Waals surface area contributed by atoms with Gasteiger partial charge in [-0.1, -0.05) is 19.1 Å². The third-order valence-electron chi connectivity index (χ3n) is 6.22. The molecule has 0 spiro atoms. The molecule has 1 aromatic rings. The van der Waals surface area contributed by atoms with E-state index in [9.17, 15) is 4.79 Å². The Morgan fingerprint density at radius 2 is 1.80 bits per heavy atom. The molecule has 2 aliphatic heterocycles. The fraction of sp³-hybridized carbons (Fsp3) is 0.652. The lowest BCUT2D eigenvalue weighted by molar-refractivity contribution is 0.0724. The Morgan fingerprint density at radius 3 is 2.37 bits per heavy atom. The van der Waals surface area contributed by atoms with Crippen LogP contribution in [0.4, 0.5) is 0 Å². The number of aliphatic imine (C=N–C) groups is 1. The molecule has 0 aliphatic carbocycles. The Balaban J connectivity index is 0.00000320. The van der Waals surface area contributed by atoms with Gasteiger partial charge < -0.3 is 15.5 Å². The van der Waals surface area contributed by atoms with Gasteiger partial charge in [0.2, 0.25) is 0 Å². The lowest BCUT2D eigenvalue weighted by Gasteiger charge is -2.26. The zero-order valence-electron chi connectivity index (χ0n) is 18.9. The van der Waals surface area contributed by atoms with Crippen LogP contribution in [-0.2, 0) is 6.54 Å². The predicted octanol–water partition coefficient (Wildman–Crippen LogP) is 3.32. The molecule has 2 heterocycles. The molecule has 0 bridgehead atoms. The molecule has 2 aliphatic rings. The van der Waals surface area contributed by atoms with Crippen LogP contribution in [0.5, 0.6) is 0 Å². The minimum atomic E-state index is 0. The second kappa shape index (κ2) is 11.9. The van der Waals surface area contributed by atoms with E-state index in [0.717, 1.165) is 56.1 Å². The Labute approximate surface area is 198 Å². The molecule has 1 aromatic carbocycles. The van der Waals surface area contributed by atoms with Crippen LogP contribution < -0.4 is 10.6 Å². The van der Waals surface area contributed by atoms with Gasteiger partial charge in [-0.05, 0) is 56.7 Å². The lowest BCUT2D eigenvalue weighted by Crippen LogP contribution is -2.46. The number of carbonyl (C=O) groups excluding carboxylic acids is 1. The number of carbonyl (C=O) groups is 1. The second-order valence-electron chi connectivity index (χ2n) is 8.75. The summed E-state index contributed by atoms with van der Waals surface area (Å²) in [4.78, 5) is 21.5. The van der Waals surface area contributed by atoms with Crippen LogP contribution in [0.15, 0.2) is 29.3 Å². The maximum absolute atomic E-state index is 12.6. The molecule has 2 atom stereocenters. The van der Waals surface area contributed by atoms with E-state index in [0.29, 0.717) is 24.5 Å². The number of nitrogens with one attached hydrogen (secondary N) is 2. The van der Waals surface area contributed by atoms with E-state index in [4.69, 9.17) is 0 Å². The van der Waals surface area contributed by atoms with Crippen LogP contribution in [0.3, 0.4) is 0 Å². The number of nitrogens with zero attached hydrogens (tertiary/aromatic N) is 3. The minimum Gasteiger partial charge on any atom is -0.352 e. The zero-order valence-corrected chi connectivity index (χ0v) is 21.2. The van der Waals surface area contributed by atoms with Crippen molar-refractivity contribution in [1.29, 1.82) is 0 Å². The Bertz CT molecular complexity index is 700. The normalized spacial score (nSPS) is 22.7. The van der Waals surface area contributed by atoms with Gasteiger partial charge in [0, 0.05) is 57.4 Å². The molecule has 2 fully saturated rings. The maximum atomic E-state index is 12.6. The molecule has 3 rings (SSSR count). The van der Waals surface area contributed by atoms with Crippen LogP contribution in [0.1, 0.15) is 56.0 Å². The Kier molecular flexibility index (Phi) is 9.87. The molecule has 0 radical (unpaired) electrons. The van der Waals surface area contributed by atoms with Gasteiger partial charge in [0.15, 0.2) is 5.96 Å². The van der Waals surface area contributed by atoms with Crippen molar-refractivity contribution in [3.05, 3.63) is 35.4 Å². The highest BCUT2D eigenvalue weighted by Crippen LogP contribution is 2.18. The number of benzene rings is 1. The fourth-order valence-electron chi connectivity index (χ4n) is 4.21. The van der Waals surface area contributed by atoms with Gasteiger partial charge in [0.25, 0.3) is 5.91 Å². The first-order valence-corrected chi connectivity index (χ1v) is 11.1. The molecule has 7 heteroatoms. The quantitative estimate of drug-likeness (QED) is 0.351. The molecule has 168 valence electrons. The van der Waals surface area contributed by atoms with Gasteiger partial charge in [-0.15, -0.1) is 24.0 Å². The molecule has 2 N–H and O–H groups in total. The van der Waals surface area contributed by atoms with Crippen molar-refractivity contribution in [2.75, 3.05) is 33.2 Å². The second-order valence-corrected chi connectivity index (χ2v) is 8.75. The summed E-state index contributed by atoms with van der Waals surface area (Å²) < 4.78 is 0. The summed E-state index contributed by atoms with van der Waals surface area (Å²) in [6.07, 6.45) is 3.47. The standard InChI is InChI=1S/C23H37N5O.HI/c1-17(2)28-15-18(3)21(16-28)26-23(24-4)25-14-19-8-10-20(11-9-19)22(29)27-12-6-5-7-13-27;/h8-11,17-18,21H,5-7,12-16H2,1-4H3,(H2,24,25,26);1H. The number of halogens is 1. The topological polar surface area (TPSA) is 60.0 Å². The molecule has 2 unspecified atom stereocenters. The Hall–Kier alpha value is -1.35. The molecule has 0 saturated carbocycles. The SMILES string of the molecule is CN=C(NCc1ccc(C(=O)N2CCCCC2)cc1)NC1CN(C(C)C)CC1C.I. The Morgan fingerprint density at radius 1 is 1.13 bits per heavy atom. The number of likely N-dealkylation sites (tertiary alicyclic amines) is 2. The number of rotatable bonds is 5. The van der Waals surface area contributed by atoms with Crippen LogP contribution in [-0.4, -0.2) is 67.0 Å². The van der Waals surface area contributed by atoms with Gasteiger partial charge in [-0.2, -0.15) is 0 Å². The summed E-state index contributed by atoms with van der Waals surface area (Å²) in [5.41, 5.74) is 1.93. The molecule has 2 saturated heterocycles. The summed E-state index contributed by atoms with van der Waals surface area (Å²) in [6, 6.07) is 8.96. The van der Waals surface area contributed by atoms with E-state index in [1.165, 1.54) is 6.42 Å². The van der Waals surface area contributed by atoms with Crippen LogP contribution in [0.25, 0.3) is 0 Å². The highest BCUT2D eigenvalue weighted by Gasteiger charge is 2.31. The number of piperidine rings is 1.